The molecule has 1 aliphatic carbocycles. The smallest absolute Gasteiger partial charge is 0.175 e. The van der Waals surface area contributed by atoms with Gasteiger partial charge in [0.25, 0.3) is 0 Å². The molecule has 2 atom stereocenters. The van der Waals surface area contributed by atoms with Gasteiger partial charge in [-0.05, 0) is 51.7 Å². The Kier molecular flexibility index (Phi) is 4.88. The normalized spacial score (nSPS) is 19.7. The van der Waals surface area contributed by atoms with E-state index in [1.807, 2.05) is 12.1 Å². The third-order valence-corrected chi connectivity index (χ3v) is 8.25. The Morgan fingerprint density at radius 2 is 1.57 bits per heavy atom. The summed E-state index contributed by atoms with van der Waals surface area (Å²) in [6.45, 7) is 4.36. The van der Waals surface area contributed by atoms with Crippen LogP contribution in [0.25, 0.3) is 11.1 Å². The molecule has 1 nitrogen and oxygen atoms in total. The second kappa shape index (κ2) is 7.70. The minimum atomic E-state index is -0.249. The molecule has 0 spiro atoms. The molecule has 0 bridgehead atoms. The van der Waals surface area contributed by atoms with Gasteiger partial charge < -0.3 is 0 Å². The molecule has 0 fully saturated rings. The highest BCUT2D eigenvalue weighted by atomic mass is 32.2. The zero-order valence-electron chi connectivity index (χ0n) is 17.2. The molecular weight excluding hydrogens is 384 g/mol. The summed E-state index contributed by atoms with van der Waals surface area (Å²) in [5.41, 5.74) is 4.56. The molecule has 5 rings (SSSR count). The molecule has 30 heavy (non-hydrogen) atoms. The van der Waals surface area contributed by atoms with Crippen molar-refractivity contribution in [2.45, 2.75) is 29.6 Å². The highest BCUT2D eigenvalue weighted by Crippen LogP contribution is 2.47. The zero-order valence-corrected chi connectivity index (χ0v) is 18.0. The molecule has 0 saturated carbocycles. The number of Topliss-reactive ketones (excluding diaryl/α,β-unsaturated/α-hetero) is 1. The van der Waals surface area contributed by atoms with Crippen LogP contribution in [0.3, 0.4) is 0 Å². The van der Waals surface area contributed by atoms with E-state index < -0.39 is 0 Å². The topological polar surface area (TPSA) is 17.1 Å². The molecule has 2 heteroatoms. The Morgan fingerprint density at radius 3 is 2.30 bits per heavy atom. The van der Waals surface area contributed by atoms with Crippen LogP contribution in [0.5, 0.6) is 0 Å². The molecule has 0 aromatic heterocycles. The van der Waals surface area contributed by atoms with E-state index in [-0.39, 0.29) is 22.2 Å². The number of carbonyl (C=O) groups is 1. The molecule has 148 valence electrons. The third kappa shape index (κ3) is 3.22. The van der Waals surface area contributed by atoms with Gasteiger partial charge in [-0.3, -0.25) is 4.79 Å². The predicted octanol–water partition coefficient (Wildman–Crippen LogP) is 7.27. The molecular formula is C28H24OS. The van der Waals surface area contributed by atoms with Gasteiger partial charge in [-0.1, -0.05) is 86.7 Å². The summed E-state index contributed by atoms with van der Waals surface area (Å²) in [4.78, 5) is 17.0. The number of allylic oxidation sites excluding steroid dienone is 4. The van der Waals surface area contributed by atoms with Crippen LogP contribution in [0.15, 0.2) is 107 Å². The maximum atomic E-state index is 13.3. The molecule has 0 saturated heterocycles. The first-order chi connectivity index (χ1) is 14.6. The van der Waals surface area contributed by atoms with Crippen molar-refractivity contribution >= 4 is 21.1 Å². The SMILES string of the molecule is CC(C)c1ccc2c(c1)C(=O)C1C=CC=CC1=S2c1ccc(-c2ccccc2)cc1. The average Bonchev–Trinajstić information content (AvgIpc) is 2.80. The largest absolute Gasteiger partial charge is 0.293 e. The lowest BCUT2D eigenvalue weighted by molar-refractivity contribution is 0.0969. The maximum Gasteiger partial charge on any atom is 0.175 e. The summed E-state index contributed by atoms with van der Waals surface area (Å²) in [5.74, 6) is 0.483. The predicted molar refractivity (Wildman–Crippen MR) is 128 cm³/mol. The van der Waals surface area contributed by atoms with Gasteiger partial charge in [-0.25, -0.2) is 0 Å². The zero-order chi connectivity index (χ0) is 20.7. The number of rotatable bonds is 3. The summed E-state index contributed by atoms with van der Waals surface area (Å²) >= 11 is 0. The highest BCUT2D eigenvalue weighted by Gasteiger charge is 2.32. The minimum Gasteiger partial charge on any atom is -0.293 e. The van der Waals surface area contributed by atoms with E-state index in [1.165, 1.54) is 26.5 Å². The van der Waals surface area contributed by atoms with E-state index in [4.69, 9.17) is 0 Å². The Labute approximate surface area is 180 Å². The maximum absolute atomic E-state index is 13.3. The van der Waals surface area contributed by atoms with Gasteiger partial charge >= 0.3 is 0 Å². The van der Waals surface area contributed by atoms with E-state index in [1.54, 1.807) is 0 Å². The summed E-state index contributed by atoms with van der Waals surface area (Å²) in [6, 6.07) is 25.8. The molecule has 1 aliphatic heterocycles. The molecule has 2 unspecified atom stereocenters. The molecule has 0 N–H and O–H groups in total. The lowest BCUT2D eigenvalue weighted by Gasteiger charge is -2.29. The van der Waals surface area contributed by atoms with E-state index in [2.05, 4.69) is 98.8 Å². The molecule has 0 amide bonds. The van der Waals surface area contributed by atoms with Gasteiger partial charge in [-0.15, -0.1) is 10.5 Å². The second-order valence-corrected chi connectivity index (χ2v) is 10.1. The van der Waals surface area contributed by atoms with E-state index in [9.17, 15) is 4.79 Å². The summed E-state index contributed by atoms with van der Waals surface area (Å²) in [7, 11) is -0.249. The van der Waals surface area contributed by atoms with Crippen LogP contribution in [0.1, 0.15) is 35.7 Å². The van der Waals surface area contributed by atoms with Gasteiger partial charge in [0.1, 0.15) is 0 Å². The molecule has 1 heterocycles. The highest BCUT2D eigenvalue weighted by molar-refractivity contribution is 8.16. The van der Waals surface area contributed by atoms with Gasteiger partial charge in [0, 0.05) is 15.4 Å². The Hall–Kier alpha value is -2.97. The first kappa shape index (κ1) is 19.0. The molecule has 0 radical (unpaired) electrons. The van der Waals surface area contributed by atoms with E-state index in [0.717, 1.165) is 10.5 Å². The van der Waals surface area contributed by atoms with Crippen molar-refractivity contribution in [3.05, 3.63) is 108 Å². The van der Waals surface area contributed by atoms with Crippen molar-refractivity contribution in [1.82, 2.24) is 0 Å². The Balaban J connectivity index is 1.67. The number of benzene rings is 3. The van der Waals surface area contributed by atoms with Gasteiger partial charge in [0.15, 0.2) is 5.78 Å². The first-order valence-corrected chi connectivity index (χ1v) is 11.7. The van der Waals surface area contributed by atoms with Crippen LogP contribution >= 0.6 is 10.5 Å². The molecule has 3 aromatic rings. The fourth-order valence-corrected chi connectivity index (χ4v) is 6.61. The summed E-state index contributed by atoms with van der Waals surface area (Å²) < 4.78 is 0. The van der Waals surface area contributed by atoms with E-state index in [0.29, 0.717) is 5.92 Å². The van der Waals surface area contributed by atoms with Crippen molar-refractivity contribution in [2.75, 3.05) is 0 Å². The van der Waals surface area contributed by atoms with Crippen molar-refractivity contribution in [3.63, 3.8) is 0 Å². The fourth-order valence-electron chi connectivity index (χ4n) is 4.18. The van der Waals surface area contributed by atoms with Gasteiger partial charge in [0.05, 0.1) is 5.92 Å². The second-order valence-electron chi connectivity index (χ2n) is 8.10. The summed E-state index contributed by atoms with van der Waals surface area (Å²) in [6.07, 6.45) is 8.27. The number of fused-ring (bicyclic) bond motifs is 2. The summed E-state index contributed by atoms with van der Waals surface area (Å²) in [5, 5.41) is 0. The molecule has 2 aliphatic rings. The third-order valence-electron chi connectivity index (χ3n) is 5.85. The van der Waals surface area contributed by atoms with Crippen LogP contribution in [-0.2, 0) is 0 Å². The van der Waals surface area contributed by atoms with E-state index >= 15 is 0 Å². The van der Waals surface area contributed by atoms with Crippen molar-refractivity contribution in [3.8, 4) is 11.1 Å². The Morgan fingerprint density at radius 1 is 0.833 bits per heavy atom. The Bertz CT molecular complexity index is 1210. The quantitative estimate of drug-likeness (QED) is 0.416. The van der Waals surface area contributed by atoms with Gasteiger partial charge in [-0.2, -0.15) is 0 Å². The lowest BCUT2D eigenvalue weighted by Crippen LogP contribution is -2.27. The van der Waals surface area contributed by atoms with Crippen molar-refractivity contribution in [1.29, 1.82) is 0 Å². The number of hydrogen-bond donors (Lipinski definition) is 0. The lowest BCUT2D eigenvalue weighted by atomic mass is 9.89. The molecule has 3 aromatic carbocycles. The van der Waals surface area contributed by atoms with Crippen molar-refractivity contribution < 1.29 is 4.79 Å². The average molecular weight is 409 g/mol. The van der Waals surface area contributed by atoms with Crippen LogP contribution < -0.4 is 0 Å². The number of ketones is 1. The number of hydrogen-bond acceptors (Lipinski definition) is 1. The van der Waals surface area contributed by atoms with Crippen LogP contribution in [0, 0.1) is 5.92 Å². The standard InChI is InChI=1S/C28H24OS/c1-19(2)22-14-17-27-25(18-22)28(29)24-10-6-7-11-26(24)30(27)23-15-12-21(13-16-23)20-8-4-3-5-9-20/h3-19,24H,1-2H3. The van der Waals surface area contributed by atoms with Gasteiger partial charge in [0.2, 0.25) is 0 Å². The van der Waals surface area contributed by atoms with Crippen LogP contribution in [0.2, 0.25) is 0 Å². The van der Waals surface area contributed by atoms with Crippen molar-refractivity contribution in [2.24, 2.45) is 5.92 Å². The fraction of sp³-hybridized carbons (Fsp3) is 0.143. The first-order valence-electron chi connectivity index (χ1n) is 10.4. The van der Waals surface area contributed by atoms with Crippen LogP contribution in [-0.4, -0.2) is 10.6 Å². The number of carbonyl (C=O) groups excluding carboxylic acids is 1. The minimum absolute atomic E-state index is 0.151. The monoisotopic (exact) mass is 408 g/mol. The van der Waals surface area contributed by atoms with Crippen LogP contribution in [0.4, 0.5) is 0 Å².